The number of sulfonamides is 1. The maximum Gasteiger partial charge on any atom is 0.316 e. The molecule has 31 heavy (non-hydrogen) atoms. The number of hydrogen-bond donors (Lipinski definition) is 1. The number of carbonyl (C=O) groups excluding carboxylic acids is 2. The van der Waals surface area contributed by atoms with Gasteiger partial charge in [0.2, 0.25) is 10.0 Å². The molecule has 7 nitrogen and oxygen atoms in total. The normalized spacial score (nSPS) is 15.3. The van der Waals surface area contributed by atoms with Crippen LogP contribution in [0.25, 0.3) is 0 Å². The van der Waals surface area contributed by atoms with Crippen LogP contribution in [0.5, 0.6) is 0 Å². The van der Waals surface area contributed by atoms with Gasteiger partial charge in [0, 0.05) is 18.8 Å². The molecule has 1 saturated heterocycles. The van der Waals surface area contributed by atoms with E-state index < -0.39 is 33.9 Å². The van der Waals surface area contributed by atoms with Crippen molar-refractivity contribution in [1.29, 1.82) is 0 Å². The molecule has 1 N–H and O–H groups in total. The summed E-state index contributed by atoms with van der Waals surface area (Å²) in [7, 11) is -3.60. The second-order valence-corrected chi connectivity index (χ2v) is 10.0. The monoisotopic (exact) mass is 444 g/mol. The second-order valence-electron chi connectivity index (χ2n) is 8.11. The van der Waals surface area contributed by atoms with E-state index >= 15 is 0 Å². The van der Waals surface area contributed by atoms with Crippen LogP contribution in [0.2, 0.25) is 0 Å². The van der Waals surface area contributed by atoms with Crippen LogP contribution < -0.4 is 5.32 Å². The average molecular weight is 445 g/mol. The van der Waals surface area contributed by atoms with Crippen molar-refractivity contribution in [3.8, 4) is 0 Å². The first-order valence-corrected chi connectivity index (χ1v) is 11.8. The molecular formula is C23H28N2O5S. The van der Waals surface area contributed by atoms with Crippen molar-refractivity contribution in [3.63, 3.8) is 0 Å². The van der Waals surface area contributed by atoms with Gasteiger partial charge in [-0.1, -0.05) is 42.8 Å². The molecule has 3 rings (SSSR count). The van der Waals surface area contributed by atoms with Gasteiger partial charge in [-0.15, -0.1) is 0 Å². The molecule has 1 fully saturated rings. The van der Waals surface area contributed by atoms with Crippen LogP contribution in [-0.2, 0) is 29.8 Å². The number of amides is 1. The molecule has 1 aliphatic rings. The molecule has 166 valence electrons. The summed E-state index contributed by atoms with van der Waals surface area (Å²) in [6.07, 6.45) is 2.72. The highest BCUT2D eigenvalue weighted by Gasteiger charge is 2.32. The molecule has 1 heterocycles. The molecule has 0 atom stereocenters. The first kappa shape index (κ1) is 23.0. The summed E-state index contributed by atoms with van der Waals surface area (Å²) >= 11 is 0. The van der Waals surface area contributed by atoms with Crippen LogP contribution in [0.15, 0.2) is 59.5 Å². The smallest absolute Gasteiger partial charge is 0.316 e. The first-order valence-electron chi connectivity index (χ1n) is 10.3. The zero-order valence-corrected chi connectivity index (χ0v) is 18.7. The third kappa shape index (κ3) is 5.51. The molecule has 0 saturated carbocycles. The number of carbonyl (C=O) groups is 2. The van der Waals surface area contributed by atoms with E-state index in [2.05, 4.69) is 5.32 Å². The summed E-state index contributed by atoms with van der Waals surface area (Å²) in [5, 5.41) is 2.60. The standard InChI is InChI=1S/C23H28N2O5S/c1-23(2,18-10-5-3-6-11-18)22(27)30-17-21(26)24-19-12-9-13-20(16-19)31(28,29)25-14-7-4-8-15-25/h3,5-6,9-13,16H,4,7-8,14-15,17H2,1-2H3,(H,24,26). The lowest BCUT2D eigenvalue weighted by molar-refractivity contribution is -0.152. The summed E-state index contributed by atoms with van der Waals surface area (Å²) in [4.78, 5) is 24.9. The maximum atomic E-state index is 12.8. The molecular weight excluding hydrogens is 416 g/mol. The highest BCUT2D eigenvalue weighted by atomic mass is 32.2. The van der Waals surface area contributed by atoms with Crippen molar-refractivity contribution in [2.75, 3.05) is 25.0 Å². The van der Waals surface area contributed by atoms with E-state index in [1.54, 1.807) is 26.0 Å². The highest BCUT2D eigenvalue weighted by Crippen LogP contribution is 2.25. The molecule has 0 spiro atoms. The molecule has 2 aromatic rings. The van der Waals surface area contributed by atoms with Gasteiger partial charge in [0.1, 0.15) is 0 Å². The Morgan fingerprint density at radius 3 is 2.35 bits per heavy atom. The van der Waals surface area contributed by atoms with E-state index in [1.807, 2.05) is 30.3 Å². The van der Waals surface area contributed by atoms with Gasteiger partial charge in [-0.25, -0.2) is 8.42 Å². The zero-order chi connectivity index (χ0) is 22.5. The molecule has 0 bridgehead atoms. The van der Waals surface area contributed by atoms with Crippen LogP contribution in [-0.4, -0.2) is 44.3 Å². The van der Waals surface area contributed by atoms with E-state index in [4.69, 9.17) is 4.74 Å². The Balaban J connectivity index is 1.61. The molecule has 0 unspecified atom stereocenters. The van der Waals surface area contributed by atoms with Crippen molar-refractivity contribution < 1.29 is 22.7 Å². The van der Waals surface area contributed by atoms with Gasteiger partial charge in [-0.3, -0.25) is 9.59 Å². The van der Waals surface area contributed by atoms with Crippen molar-refractivity contribution in [2.45, 2.75) is 43.4 Å². The van der Waals surface area contributed by atoms with E-state index in [0.717, 1.165) is 24.8 Å². The SMILES string of the molecule is CC(C)(C(=O)OCC(=O)Nc1cccc(S(=O)(=O)N2CCCCC2)c1)c1ccccc1. The largest absolute Gasteiger partial charge is 0.455 e. The summed E-state index contributed by atoms with van der Waals surface area (Å²) in [6, 6.07) is 15.3. The zero-order valence-electron chi connectivity index (χ0n) is 17.8. The van der Waals surface area contributed by atoms with Crippen LogP contribution in [0.4, 0.5) is 5.69 Å². The van der Waals surface area contributed by atoms with Gasteiger partial charge >= 0.3 is 5.97 Å². The Morgan fingerprint density at radius 1 is 1.00 bits per heavy atom. The van der Waals surface area contributed by atoms with Gasteiger partial charge < -0.3 is 10.1 Å². The summed E-state index contributed by atoms with van der Waals surface area (Å²) in [5.74, 6) is -1.06. The fourth-order valence-electron chi connectivity index (χ4n) is 3.47. The number of hydrogen-bond acceptors (Lipinski definition) is 5. The van der Waals surface area contributed by atoms with Crippen molar-refractivity contribution >= 4 is 27.6 Å². The summed E-state index contributed by atoms with van der Waals surface area (Å²) in [5.41, 5.74) is 0.224. The van der Waals surface area contributed by atoms with Gasteiger partial charge in [-0.2, -0.15) is 4.31 Å². The van der Waals surface area contributed by atoms with E-state index in [0.29, 0.717) is 18.8 Å². The molecule has 1 amide bonds. The quantitative estimate of drug-likeness (QED) is 0.662. The number of benzene rings is 2. The van der Waals surface area contributed by atoms with Crippen LogP contribution >= 0.6 is 0 Å². The molecule has 0 aliphatic carbocycles. The lowest BCUT2D eigenvalue weighted by Gasteiger charge is -2.26. The Kier molecular flexibility index (Phi) is 7.12. The number of esters is 1. The number of anilines is 1. The minimum atomic E-state index is -3.60. The van der Waals surface area contributed by atoms with Gasteiger partial charge in [0.25, 0.3) is 5.91 Å². The second kappa shape index (κ2) is 9.62. The Morgan fingerprint density at radius 2 is 1.68 bits per heavy atom. The van der Waals surface area contributed by atoms with Gasteiger partial charge in [-0.05, 0) is 50.5 Å². The van der Waals surface area contributed by atoms with Gasteiger partial charge in [0.05, 0.1) is 10.3 Å². The molecule has 8 heteroatoms. The number of nitrogens with zero attached hydrogens (tertiary/aromatic N) is 1. The lowest BCUT2D eigenvalue weighted by atomic mass is 9.85. The van der Waals surface area contributed by atoms with Crippen LogP contribution in [0, 0.1) is 0 Å². The molecule has 1 aliphatic heterocycles. The minimum absolute atomic E-state index is 0.134. The Labute approximate surface area is 183 Å². The average Bonchev–Trinajstić information content (AvgIpc) is 2.78. The Hall–Kier alpha value is -2.71. The van der Waals surface area contributed by atoms with Crippen LogP contribution in [0.1, 0.15) is 38.7 Å². The Bertz CT molecular complexity index is 1030. The van der Waals surface area contributed by atoms with Crippen molar-refractivity contribution in [1.82, 2.24) is 4.31 Å². The first-order chi connectivity index (χ1) is 14.7. The number of nitrogens with one attached hydrogen (secondary N) is 1. The maximum absolute atomic E-state index is 12.8. The third-order valence-corrected chi connectivity index (χ3v) is 7.31. The van der Waals surface area contributed by atoms with Crippen molar-refractivity contribution in [3.05, 3.63) is 60.2 Å². The highest BCUT2D eigenvalue weighted by molar-refractivity contribution is 7.89. The van der Waals surface area contributed by atoms with Gasteiger partial charge in [0.15, 0.2) is 6.61 Å². The summed E-state index contributed by atoms with van der Waals surface area (Å²) < 4.78 is 32.3. The predicted molar refractivity (Wildman–Crippen MR) is 118 cm³/mol. The fourth-order valence-corrected chi connectivity index (χ4v) is 5.03. The molecule has 0 radical (unpaired) electrons. The number of piperidine rings is 1. The molecule has 2 aromatic carbocycles. The van der Waals surface area contributed by atoms with Crippen molar-refractivity contribution in [2.24, 2.45) is 0 Å². The minimum Gasteiger partial charge on any atom is -0.455 e. The third-order valence-electron chi connectivity index (χ3n) is 5.41. The van der Waals surface area contributed by atoms with E-state index in [-0.39, 0.29) is 4.90 Å². The lowest BCUT2D eigenvalue weighted by Crippen LogP contribution is -2.35. The van der Waals surface area contributed by atoms with E-state index in [1.165, 1.54) is 16.4 Å². The predicted octanol–water partition coefficient (Wildman–Crippen LogP) is 3.32. The molecule has 0 aromatic heterocycles. The van der Waals surface area contributed by atoms with Crippen LogP contribution in [0.3, 0.4) is 0 Å². The number of ether oxygens (including phenoxy) is 1. The van der Waals surface area contributed by atoms with E-state index in [9.17, 15) is 18.0 Å². The topological polar surface area (TPSA) is 92.8 Å². The fraction of sp³-hybridized carbons (Fsp3) is 0.391. The summed E-state index contributed by atoms with van der Waals surface area (Å²) in [6.45, 7) is 4.02. The number of rotatable bonds is 7.